The molecule has 1 aliphatic rings. The quantitative estimate of drug-likeness (QED) is 0.776. The molecule has 0 aromatic carbocycles. The molecule has 2 heterocycles. The summed E-state index contributed by atoms with van der Waals surface area (Å²) in [6.07, 6.45) is 7.79. The molecule has 112 valence electrons. The summed E-state index contributed by atoms with van der Waals surface area (Å²) in [6, 6.07) is 0.711. The molecule has 2 rings (SSSR count). The zero-order valence-corrected chi connectivity index (χ0v) is 12.7. The van der Waals surface area contributed by atoms with Crippen LogP contribution in [0.5, 0.6) is 0 Å². The molecular formula is C15H25N3O2. The van der Waals surface area contributed by atoms with Crippen molar-refractivity contribution in [2.45, 2.75) is 58.2 Å². The number of esters is 1. The Balaban J connectivity index is 2.04. The molecule has 1 saturated heterocycles. The Labute approximate surface area is 120 Å². The average molecular weight is 279 g/mol. The highest BCUT2D eigenvalue weighted by atomic mass is 16.5. The number of methoxy groups -OCH3 is 1. The number of carbonyl (C=O) groups excluding carboxylic acids is 1. The molecule has 0 bridgehead atoms. The van der Waals surface area contributed by atoms with Gasteiger partial charge in [-0.15, -0.1) is 0 Å². The molecule has 1 atom stereocenters. The van der Waals surface area contributed by atoms with E-state index in [2.05, 4.69) is 28.3 Å². The minimum atomic E-state index is -0.112. The number of piperidine rings is 1. The number of ether oxygens (including phenoxy) is 1. The van der Waals surface area contributed by atoms with E-state index in [-0.39, 0.29) is 5.97 Å². The van der Waals surface area contributed by atoms with Crippen molar-refractivity contribution in [3.63, 3.8) is 0 Å². The first-order valence-corrected chi connectivity index (χ1v) is 7.43. The Morgan fingerprint density at radius 2 is 2.30 bits per heavy atom. The van der Waals surface area contributed by atoms with Crippen LogP contribution >= 0.6 is 0 Å². The van der Waals surface area contributed by atoms with Crippen LogP contribution in [0.25, 0.3) is 0 Å². The predicted molar refractivity (Wildman–Crippen MR) is 77.3 cm³/mol. The second-order valence-electron chi connectivity index (χ2n) is 5.79. The maximum absolute atomic E-state index is 11.5. The molecule has 0 aliphatic carbocycles. The summed E-state index contributed by atoms with van der Waals surface area (Å²) in [6.45, 7) is 6.23. The number of aromatic nitrogens is 2. The Kier molecular flexibility index (Phi) is 5.17. The molecule has 0 spiro atoms. The van der Waals surface area contributed by atoms with Gasteiger partial charge in [0.2, 0.25) is 0 Å². The van der Waals surface area contributed by atoms with Gasteiger partial charge < -0.3 is 9.30 Å². The van der Waals surface area contributed by atoms with Gasteiger partial charge in [0.05, 0.1) is 25.6 Å². The number of rotatable bonds is 5. The second-order valence-corrected chi connectivity index (χ2v) is 5.79. The zero-order valence-electron chi connectivity index (χ0n) is 12.7. The molecule has 20 heavy (non-hydrogen) atoms. The van der Waals surface area contributed by atoms with Crippen molar-refractivity contribution in [1.29, 1.82) is 0 Å². The van der Waals surface area contributed by atoms with Crippen molar-refractivity contribution in [3.05, 3.63) is 18.2 Å². The van der Waals surface area contributed by atoms with Crippen LogP contribution in [-0.4, -0.2) is 40.1 Å². The largest absolute Gasteiger partial charge is 0.469 e. The molecule has 5 heteroatoms. The van der Waals surface area contributed by atoms with Gasteiger partial charge in [0, 0.05) is 24.8 Å². The van der Waals surface area contributed by atoms with Crippen LogP contribution in [-0.2, 0) is 16.1 Å². The van der Waals surface area contributed by atoms with Gasteiger partial charge in [0.25, 0.3) is 0 Å². The van der Waals surface area contributed by atoms with Crippen molar-refractivity contribution >= 4 is 5.97 Å². The monoisotopic (exact) mass is 279 g/mol. The summed E-state index contributed by atoms with van der Waals surface area (Å²) >= 11 is 0. The fourth-order valence-corrected chi connectivity index (χ4v) is 2.90. The standard InChI is InChI=1S/C15H25N3O2/c1-12(2)18-11-16-9-14(18)10-17-7-5-4-6-13(17)8-15(19)20-3/h9,11-13H,4-8,10H2,1-3H3. The molecule has 0 amide bonds. The average Bonchev–Trinajstić information content (AvgIpc) is 2.89. The Morgan fingerprint density at radius 3 is 3.00 bits per heavy atom. The fourth-order valence-electron chi connectivity index (χ4n) is 2.90. The van der Waals surface area contributed by atoms with Crippen molar-refractivity contribution in [2.24, 2.45) is 0 Å². The van der Waals surface area contributed by atoms with E-state index < -0.39 is 0 Å². The molecule has 0 saturated carbocycles. The summed E-state index contributed by atoms with van der Waals surface area (Å²) < 4.78 is 7.01. The van der Waals surface area contributed by atoms with Gasteiger partial charge in [-0.3, -0.25) is 9.69 Å². The SMILES string of the molecule is COC(=O)CC1CCCCN1Cc1cncn1C(C)C. The zero-order chi connectivity index (χ0) is 14.5. The third-order valence-corrected chi connectivity index (χ3v) is 4.05. The number of likely N-dealkylation sites (tertiary alicyclic amines) is 1. The minimum Gasteiger partial charge on any atom is -0.469 e. The third kappa shape index (κ3) is 3.60. The molecule has 1 aromatic heterocycles. The van der Waals surface area contributed by atoms with Crippen molar-refractivity contribution in [3.8, 4) is 0 Å². The van der Waals surface area contributed by atoms with E-state index in [9.17, 15) is 4.79 Å². The molecule has 1 fully saturated rings. The lowest BCUT2D eigenvalue weighted by atomic mass is 9.99. The number of hydrogen-bond donors (Lipinski definition) is 0. The van der Waals surface area contributed by atoms with Crippen LogP contribution < -0.4 is 0 Å². The summed E-state index contributed by atoms with van der Waals surface area (Å²) in [5, 5.41) is 0. The van der Waals surface area contributed by atoms with E-state index in [1.54, 1.807) is 0 Å². The van der Waals surface area contributed by atoms with Gasteiger partial charge in [0.1, 0.15) is 0 Å². The second kappa shape index (κ2) is 6.88. The van der Waals surface area contributed by atoms with Crippen LogP contribution in [0.1, 0.15) is 51.3 Å². The highest BCUT2D eigenvalue weighted by Crippen LogP contribution is 2.23. The lowest BCUT2D eigenvalue weighted by Crippen LogP contribution is -2.40. The van der Waals surface area contributed by atoms with Gasteiger partial charge in [0.15, 0.2) is 0 Å². The normalized spacial score (nSPS) is 20.3. The van der Waals surface area contributed by atoms with Crippen molar-refractivity contribution in [1.82, 2.24) is 14.5 Å². The van der Waals surface area contributed by atoms with Crippen LogP contribution in [0.4, 0.5) is 0 Å². The van der Waals surface area contributed by atoms with E-state index in [1.165, 1.54) is 25.6 Å². The summed E-state index contributed by atoms with van der Waals surface area (Å²) in [5.41, 5.74) is 1.22. The van der Waals surface area contributed by atoms with E-state index in [0.29, 0.717) is 18.5 Å². The third-order valence-electron chi connectivity index (χ3n) is 4.05. The highest BCUT2D eigenvalue weighted by molar-refractivity contribution is 5.69. The summed E-state index contributed by atoms with van der Waals surface area (Å²) in [5.74, 6) is -0.112. The molecular weight excluding hydrogens is 254 g/mol. The number of carbonyl (C=O) groups is 1. The lowest BCUT2D eigenvalue weighted by Gasteiger charge is -2.35. The number of imidazole rings is 1. The Morgan fingerprint density at radius 1 is 1.50 bits per heavy atom. The molecule has 1 aromatic rings. The molecule has 1 unspecified atom stereocenters. The molecule has 0 N–H and O–H groups in total. The van der Waals surface area contributed by atoms with Crippen molar-refractivity contribution < 1.29 is 9.53 Å². The fraction of sp³-hybridized carbons (Fsp3) is 0.733. The number of nitrogens with zero attached hydrogens (tertiary/aromatic N) is 3. The molecule has 5 nitrogen and oxygen atoms in total. The minimum absolute atomic E-state index is 0.112. The predicted octanol–water partition coefficient (Wildman–Crippen LogP) is 2.38. The summed E-state index contributed by atoms with van der Waals surface area (Å²) in [7, 11) is 1.46. The van der Waals surface area contributed by atoms with Gasteiger partial charge >= 0.3 is 5.97 Å². The highest BCUT2D eigenvalue weighted by Gasteiger charge is 2.26. The molecule has 1 aliphatic heterocycles. The van der Waals surface area contributed by atoms with Crippen molar-refractivity contribution in [2.75, 3.05) is 13.7 Å². The summed E-state index contributed by atoms with van der Waals surface area (Å²) in [4.78, 5) is 18.2. The van der Waals surface area contributed by atoms with Gasteiger partial charge in [-0.1, -0.05) is 6.42 Å². The Bertz CT molecular complexity index is 442. The molecule has 0 radical (unpaired) electrons. The van der Waals surface area contributed by atoms with Gasteiger partial charge in [-0.05, 0) is 33.2 Å². The van der Waals surface area contributed by atoms with E-state index in [0.717, 1.165) is 19.5 Å². The number of hydrogen-bond acceptors (Lipinski definition) is 4. The van der Waals surface area contributed by atoms with E-state index >= 15 is 0 Å². The first kappa shape index (κ1) is 15.0. The Hall–Kier alpha value is -1.36. The first-order valence-electron chi connectivity index (χ1n) is 7.43. The maximum Gasteiger partial charge on any atom is 0.307 e. The van der Waals surface area contributed by atoms with Crippen LogP contribution in [0.2, 0.25) is 0 Å². The maximum atomic E-state index is 11.5. The topological polar surface area (TPSA) is 47.4 Å². The van der Waals surface area contributed by atoms with Crippen LogP contribution in [0.3, 0.4) is 0 Å². The smallest absolute Gasteiger partial charge is 0.307 e. The van der Waals surface area contributed by atoms with E-state index in [1.807, 2.05) is 12.5 Å². The van der Waals surface area contributed by atoms with E-state index in [4.69, 9.17) is 4.74 Å². The van der Waals surface area contributed by atoms with Gasteiger partial charge in [-0.25, -0.2) is 4.98 Å². The van der Waals surface area contributed by atoms with Crippen LogP contribution in [0, 0.1) is 0 Å². The lowest BCUT2D eigenvalue weighted by molar-refractivity contribution is -0.142. The van der Waals surface area contributed by atoms with Crippen LogP contribution in [0.15, 0.2) is 12.5 Å². The first-order chi connectivity index (χ1) is 9.61. The van der Waals surface area contributed by atoms with Gasteiger partial charge in [-0.2, -0.15) is 0 Å².